The van der Waals surface area contributed by atoms with Crippen molar-refractivity contribution in [3.05, 3.63) is 47.7 Å². The Bertz CT molecular complexity index is 624. The number of aryl methyl sites for hydroxylation is 1. The Morgan fingerprint density at radius 1 is 1.24 bits per heavy atom. The molecule has 5 nitrogen and oxygen atoms in total. The van der Waals surface area contributed by atoms with Crippen LogP contribution in [0.2, 0.25) is 0 Å². The summed E-state index contributed by atoms with van der Waals surface area (Å²) in [6.07, 6.45) is 2.52. The summed E-state index contributed by atoms with van der Waals surface area (Å²) < 4.78 is 4.97. The lowest BCUT2D eigenvalue weighted by molar-refractivity contribution is 0.0527. The normalized spacial score (nSPS) is 10.2. The van der Waals surface area contributed by atoms with Crippen molar-refractivity contribution in [1.82, 2.24) is 4.98 Å². The topological polar surface area (TPSA) is 77.2 Å². The fourth-order valence-electron chi connectivity index (χ4n) is 1.92. The molecule has 1 aromatic heterocycles. The van der Waals surface area contributed by atoms with Gasteiger partial charge in [-0.1, -0.05) is 19.1 Å². The van der Waals surface area contributed by atoms with Crippen molar-refractivity contribution >= 4 is 23.2 Å². The summed E-state index contributed by atoms with van der Waals surface area (Å²) >= 11 is 0. The average Bonchev–Trinajstić information content (AvgIpc) is 2.50. The number of rotatable bonds is 5. The predicted octanol–water partition coefficient (Wildman–Crippen LogP) is 3.15. The molecule has 0 unspecified atom stereocenters. The Balaban J connectivity index is 2.23. The van der Waals surface area contributed by atoms with E-state index < -0.39 is 5.97 Å². The zero-order chi connectivity index (χ0) is 15.2. The second-order valence-corrected chi connectivity index (χ2v) is 4.52. The Morgan fingerprint density at radius 3 is 2.57 bits per heavy atom. The van der Waals surface area contributed by atoms with Crippen molar-refractivity contribution < 1.29 is 9.53 Å². The van der Waals surface area contributed by atoms with E-state index in [1.54, 1.807) is 13.0 Å². The molecule has 0 bridgehead atoms. The quantitative estimate of drug-likeness (QED) is 0.825. The summed E-state index contributed by atoms with van der Waals surface area (Å²) in [4.78, 5) is 16.0. The molecule has 0 aliphatic heterocycles. The molecule has 5 heteroatoms. The first kappa shape index (κ1) is 14.8. The summed E-state index contributed by atoms with van der Waals surface area (Å²) in [6, 6.07) is 9.54. The van der Waals surface area contributed by atoms with Crippen LogP contribution < -0.4 is 11.1 Å². The molecule has 2 aromatic rings. The smallest absolute Gasteiger partial charge is 0.340 e. The molecule has 0 amide bonds. The van der Waals surface area contributed by atoms with Gasteiger partial charge in [0.05, 0.1) is 17.9 Å². The van der Waals surface area contributed by atoms with Crippen molar-refractivity contribution in [3.63, 3.8) is 0 Å². The molecule has 0 radical (unpaired) electrons. The van der Waals surface area contributed by atoms with Crippen LogP contribution in [0.4, 0.5) is 17.2 Å². The van der Waals surface area contributed by atoms with Crippen molar-refractivity contribution in [3.8, 4) is 0 Å². The van der Waals surface area contributed by atoms with Gasteiger partial charge in [0.25, 0.3) is 0 Å². The summed E-state index contributed by atoms with van der Waals surface area (Å²) in [7, 11) is 0. The monoisotopic (exact) mass is 285 g/mol. The van der Waals surface area contributed by atoms with Gasteiger partial charge >= 0.3 is 5.97 Å². The van der Waals surface area contributed by atoms with Gasteiger partial charge in [-0.2, -0.15) is 0 Å². The van der Waals surface area contributed by atoms with Crippen LogP contribution in [0.15, 0.2) is 36.5 Å². The number of carbonyl (C=O) groups excluding carboxylic acids is 1. The number of nitrogens with one attached hydrogen (secondary N) is 1. The number of hydrogen-bond donors (Lipinski definition) is 2. The van der Waals surface area contributed by atoms with Gasteiger partial charge in [-0.25, -0.2) is 9.78 Å². The van der Waals surface area contributed by atoms with Crippen LogP contribution in [0.1, 0.15) is 29.8 Å². The molecule has 0 saturated carbocycles. The second-order valence-electron chi connectivity index (χ2n) is 4.52. The van der Waals surface area contributed by atoms with E-state index in [4.69, 9.17) is 10.5 Å². The molecule has 1 heterocycles. The Kier molecular flexibility index (Phi) is 4.77. The number of pyridine rings is 1. The van der Waals surface area contributed by atoms with Crippen LogP contribution in [0.3, 0.4) is 0 Å². The molecule has 0 aliphatic rings. The first-order chi connectivity index (χ1) is 10.2. The zero-order valence-electron chi connectivity index (χ0n) is 12.2. The molecule has 0 atom stereocenters. The number of nitrogen functional groups attached to an aromatic ring is 1. The molecule has 2 rings (SSSR count). The van der Waals surface area contributed by atoms with Gasteiger partial charge in [-0.15, -0.1) is 0 Å². The Labute approximate surface area is 124 Å². The number of aromatic nitrogens is 1. The minimum absolute atomic E-state index is 0.288. The van der Waals surface area contributed by atoms with Crippen LogP contribution >= 0.6 is 0 Å². The maximum Gasteiger partial charge on any atom is 0.340 e. The van der Waals surface area contributed by atoms with Crippen molar-refractivity contribution in [2.24, 2.45) is 0 Å². The van der Waals surface area contributed by atoms with Gasteiger partial charge < -0.3 is 15.8 Å². The highest BCUT2D eigenvalue weighted by Crippen LogP contribution is 2.24. The molecule has 1 aromatic carbocycles. The Morgan fingerprint density at radius 2 is 1.95 bits per heavy atom. The highest BCUT2D eigenvalue weighted by Gasteiger charge is 2.14. The van der Waals surface area contributed by atoms with Gasteiger partial charge in [-0.05, 0) is 37.1 Å². The van der Waals surface area contributed by atoms with E-state index in [0.717, 1.165) is 12.1 Å². The zero-order valence-corrected chi connectivity index (χ0v) is 12.2. The predicted molar refractivity (Wildman–Crippen MR) is 83.7 cm³/mol. The summed E-state index contributed by atoms with van der Waals surface area (Å²) in [5.74, 6) is 0.00609. The lowest BCUT2D eigenvalue weighted by Crippen LogP contribution is -2.10. The minimum Gasteiger partial charge on any atom is -0.462 e. The molecule has 3 N–H and O–H groups in total. The number of anilines is 3. The van der Waals surface area contributed by atoms with Crippen molar-refractivity contribution in [2.45, 2.75) is 20.3 Å². The fraction of sp³-hybridized carbons (Fsp3) is 0.250. The molecular weight excluding hydrogens is 266 g/mol. The highest BCUT2D eigenvalue weighted by atomic mass is 16.5. The molecule has 21 heavy (non-hydrogen) atoms. The van der Waals surface area contributed by atoms with E-state index in [0.29, 0.717) is 18.0 Å². The van der Waals surface area contributed by atoms with E-state index in [1.807, 2.05) is 24.3 Å². The number of hydrogen-bond acceptors (Lipinski definition) is 5. The van der Waals surface area contributed by atoms with Crippen molar-refractivity contribution in [2.75, 3.05) is 17.7 Å². The number of nitrogens with two attached hydrogens (primary N) is 1. The third-order valence-electron chi connectivity index (χ3n) is 3.11. The van der Waals surface area contributed by atoms with E-state index in [-0.39, 0.29) is 5.69 Å². The fourth-order valence-corrected chi connectivity index (χ4v) is 1.92. The van der Waals surface area contributed by atoms with Crippen LogP contribution in [0.5, 0.6) is 0 Å². The van der Waals surface area contributed by atoms with E-state index in [2.05, 4.69) is 17.2 Å². The van der Waals surface area contributed by atoms with Gasteiger partial charge in [-0.3, -0.25) is 0 Å². The number of esters is 1. The second kappa shape index (κ2) is 6.74. The molecule has 0 saturated heterocycles. The Hall–Kier alpha value is -2.56. The molecule has 0 fully saturated rings. The minimum atomic E-state index is -0.443. The van der Waals surface area contributed by atoms with Gasteiger partial charge in [0.2, 0.25) is 0 Å². The first-order valence-corrected chi connectivity index (χ1v) is 6.93. The van der Waals surface area contributed by atoms with Crippen LogP contribution in [0, 0.1) is 0 Å². The summed E-state index contributed by atoms with van der Waals surface area (Å²) in [6.45, 7) is 4.16. The van der Waals surface area contributed by atoms with E-state index >= 15 is 0 Å². The molecular formula is C16H19N3O2. The number of ether oxygens (including phenoxy) is 1. The summed E-state index contributed by atoms with van der Waals surface area (Å²) in [5.41, 5.74) is 8.72. The van der Waals surface area contributed by atoms with Gasteiger partial charge in [0.15, 0.2) is 5.82 Å². The van der Waals surface area contributed by atoms with Crippen molar-refractivity contribution in [1.29, 1.82) is 0 Å². The lowest BCUT2D eigenvalue weighted by Gasteiger charge is -2.11. The molecule has 0 spiro atoms. The third kappa shape index (κ3) is 3.51. The molecule has 0 aliphatic carbocycles. The number of carbonyl (C=O) groups is 1. The SMILES string of the molecule is CCOC(=O)c1ccnc(Nc2ccc(CC)cc2)c1N. The number of nitrogens with zero attached hydrogens (tertiary/aromatic N) is 1. The van der Waals surface area contributed by atoms with E-state index in [9.17, 15) is 4.79 Å². The van der Waals surface area contributed by atoms with Crippen LogP contribution in [0.25, 0.3) is 0 Å². The van der Waals surface area contributed by atoms with Gasteiger partial charge in [0.1, 0.15) is 0 Å². The average molecular weight is 285 g/mol. The van der Waals surface area contributed by atoms with Crippen LogP contribution in [-0.4, -0.2) is 17.6 Å². The number of benzene rings is 1. The van der Waals surface area contributed by atoms with Crippen LogP contribution in [-0.2, 0) is 11.2 Å². The maximum atomic E-state index is 11.8. The maximum absolute atomic E-state index is 11.8. The highest BCUT2D eigenvalue weighted by molar-refractivity contribution is 5.98. The van der Waals surface area contributed by atoms with E-state index in [1.165, 1.54) is 11.8 Å². The first-order valence-electron chi connectivity index (χ1n) is 6.93. The standard InChI is InChI=1S/C16H19N3O2/c1-3-11-5-7-12(8-6-11)19-15-14(17)13(9-10-18-15)16(20)21-4-2/h5-10H,3-4,17H2,1-2H3,(H,18,19). The summed E-state index contributed by atoms with van der Waals surface area (Å²) in [5, 5.41) is 3.12. The lowest BCUT2D eigenvalue weighted by atomic mass is 10.1. The third-order valence-corrected chi connectivity index (χ3v) is 3.11. The molecule has 110 valence electrons. The van der Waals surface area contributed by atoms with Gasteiger partial charge in [0, 0.05) is 11.9 Å². The largest absolute Gasteiger partial charge is 0.462 e.